The van der Waals surface area contributed by atoms with Gasteiger partial charge >= 0.3 is 6.18 Å². The minimum Gasteiger partial charge on any atom is -0.494 e. The highest BCUT2D eigenvalue weighted by Crippen LogP contribution is 2.36. The summed E-state index contributed by atoms with van der Waals surface area (Å²) in [6.07, 6.45) is -3.56. The third kappa shape index (κ3) is 5.06. The van der Waals surface area contributed by atoms with Crippen molar-refractivity contribution in [1.82, 2.24) is 9.55 Å². The topological polar surface area (TPSA) is 47.4 Å². The van der Waals surface area contributed by atoms with Gasteiger partial charge in [0.1, 0.15) is 11.6 Å². The molecule has 1 atom stereocenters. The van der Waals surface area contributed by atoms with Crippen LogP contribution in [0.5, 0.6) is 5.75 Å². The first-order valence-corrected chi connectivity index (χ1v) is 12.9. The molecule has 0 aliphatic carbocycles. The number of aryl methyl sites for hydroxylation is 1. The molecule has 2 heterocycles. The van der Waals surface area contributed by atoms with Crippen LogP contribution >= 0.6 is 0 Å². The number of aromatic nitrogens is 2. The summed E-state index contributed by atoms with van der Waals surface area (Å²) < 4.78 is 47.9. The molecule has 1 saturated heterocycles. The Bertz CT molecular complexity index is 1660. The summed E-state index contributed by atoms with van der Waals surface area (Å²) in [5.74, 6) is 1.13. The van der Waals surface area contributed by atoms with Crippen molar-refractivity contribution in [1.29, 1.82) is 0 Å². The van der Waals surface area contributed by atoms with Crippen molar-refractivity contribution in [3.63, 3.8) is 0 Å². The largest absolute Gasteiger partial charge is 0.494 e. The fourth-order valence-corrected chi connectivity index (χ4v) is 5.29. The summed E-state index contributed by atoms with van der Waals surface area (Å²) in [5.41, 5.74) is 1.27. The molecular formula is C31H26F3N3O2. The number of amides is 1. The zero-order valence-electron chi connectivity index (χ0n) is 21.1. The lowest BCUT2D eigenvalue weighted by molar-refractivity contribution is -0.137. The Kier molecular flexibility index (Phi) is 6.46. The van der Waals surface area contributed by atoms with Gasteiger partial charge in [-0.3, -0.25) is 4.79 Å². The van der Waals surface area contributed by atoms with Gasteiger partial charge in [0.2, 0.25) is 5.91 Å². The molecule has 0 bridgehead atoms. The minimum absolute atomic E-state index is 0.188. The third-order valence-electron chi connectivity index (χ3n) is 7.18. The number of carbonyl (C=O) groups excluding carboxylic acids is 1. The molecule has 1 unspecified atom stereocenters. The maximum absolute atomic E-state index is 13.3. The van der Waals surface area contributed by atoms with Crippen LogP contribution in [0.2, 0.25) is 0 Å². The first kappa shape index (κ1) is 25.0. The van der Waals surface area contributed by atoms with Gasteiger partial charge in [0.15, 0.2) is 0 Å². The van der Waals surface area contributed by atoms with Crippen molar-refractivity contribution in [2.75, 3.05) is 18.1 Å². The molecule has 198 valence electrons. The lowest BCUT2D eigenvalue weighted by Crippen LogP contribution is -2.25. The summed E-state index contributed by atoms with van der Waals surface area (Å²) in [7, 11) is 0. The van der Waals surface area contributed by atoms with E-state index in [1.54, 1.807) is 6.07 Å². The van der Waals surface area contributed by atoms with Crippen LogP contribution in [0.15, 0.2) is 91.0 Å². The van der Waals surface area contributed by atoms with Crippen LogP contribution in [0.3, 0.4) is 0 Å². The molecule has 39 heavy (non-hydrogen) atoms. The Labute approximate surface area is 223 Å². The molecule has 1 fully saturated rings. The van der Waals surface area contributed by atoms with Crippen molar-refractivity contribution in [3.8, 4) is 5.75 Å². The molecule has 5 aromatic rings. The van der Waals surface area contributed by atoms with Gasteiger partial charge < -0.3 is 14.2 Å². The van der Waals surface area contributed by atoms with Crippen LogP contribution in [-0.4, -0.2) is 28.6 Å². The van der Waals surface area contributed by atoms with Gasteiger partial charge in [0.05, 0.1) is 23.2 Å². The predicted molar refractivity (Wildman–Crippen MR) is 145 cm³/mol. The van der Waals surface area contributed by atoms with Crippen LogP contribution in [0, 0.1) is 0 Å². The number of nitrogens with zero attached hydrogens (tertiary/aromatic N) is 3. The summed E-state index contributed by atoms with van der Waals surface area (Å²) in [5, 5.41) is 2.28. The summed E-state index contributed by atoms with van der Waals surface area (Å²) in [6, 6.07) is 26.9. The Morgan fingerprint density at radius 1 is 0.897 bits per heavy atom. The first-order chi connectivity index (χ1) is 18.9. The monoisotopic (exact) mass is 529 g/mol. The summed E-state index contributed by atoms with van der Waals surface area (Å²) in [6.45, 7) is 1.42. The highest BCUT2D eigenvalue weighted by Gasteiger charge is 2.36. The number of alkyl halides is 3. The fraction of sp³-hybridized carbons (Fsp3) is 0.226. The average molecular weight is 530 g/mol. The van der Waals surface area contributed by atoms with Crippen molar-refractivity contribution in [3.05, 3.63) is 102 Å². The standard InChI is InChI=1S/C31H26F3N3O2/c32-31(33,34)24-9-5-10-25(19-24)37-20-23(18-29(37)38)30-35-27-11-3-4-12-28(27)36(30)15-6-16-39-26-14-13-21-7-1-2-8-22(21)17-26/h1-5,7-14,17,19,23H,6,15-16,18,20H2. The van der Waals surface area contributed by atoms with E-state index in [2.05, 4.69) is 16.7 Å². The number of rotatable bonds is 7. The summed E-state index contributed by atoms with van der Waals surface area (Å²) in [4.78, 5) is 19.2. The van der Waals surface area contributed by atoms with E-state index in [9.17, 15) is 18.0 Å². The second-order valence-corrected chi connectivity index (χ2v) is 9.77. The molecule has 1 aliphatic rings. The summed E-state index contributed by atoms with van der Waals surface area (Å²) >= 11 is 0. The maximum Gasteiger partial charge on any atom is 0.416 e. The van der Waals surface area contributed by atoms with Crippen molar-refractivity contribution >= 4 is 33.4 Å². The van der Waals surface area contributed by atoms with Crippen molar-refractivity contribution in [2.45, 2.75) is 31.5 Å². The molecule has 8 heteroatoms. The molecule has 1 aliphatic heterocycles. The SMILES string of the molecule is O=C1CC(c2nc3ccccc3n2CCCOc2ccc3ccccc3c2)CN1c1cccc(C(F)(F)F)c1. The second kappa shape index (κ2) is 10.1. The smallest absolute Gasteiger partial charge is 0.416 e. The van der Waals surface area contributed by atoms with Gasteiger partial charge in [-0.15, -0.1) is 0 Å². The number of ether oxygens (including phenoxy) is 1. The zero-order valence-corrected chi connectivity index (χ0v) is 21.1. The molecule has 0 saturated carbocycles. The fourth-order valence-electron chi connectivity index (χ4n) is 5.29. The number of hydrogen-bond acceptors (Lipinski definition) is 3. The van der Waals surface area contributed by atoms with E-state index >= 15 is 0 Å². The maximum atomic E-state index is 13.3. The quantitative estimate of drug-likeness (QED) is 0.210. The number of halogens is 3. The molecular weight excluding hydrogens is 503 g/mol. The normalized spacial score (nSPS) is 15.9. The molecule has 6 rings (SSSR count). The van der Waals surface area contributed by atoms with Crippen molar-refractivity contribution < 1.29 is 22.7 Å². The zero-order chi connectivity index (χ0) is 27.0. The highest BCUT2D eigenvalue weighted by atomic mass is 19.4. The molecule has 5 nitrogen and oxygen atoms in total. The Morgan fingerprint density at radius 3 is 2.54 bits per heavy atom. The van der Waals surface area contributed by atoms with Crippen molar-refractivity contribution in [2.24, 2.45) is 0 Å². The number of carbonyl (C=O) groups is 1. The lowest BCUT2D eigenvalue weighted by Gasteiger charge is -2.19. The van der Waals surface area contributed by atoms with Gasteiger partial charge in [-0.25, -0.2) is 4.98 Å². The number of para-hydroxylation sites is 2. The van der Waals surface area contributed by atoms with E-state index in [4.69, 9.17) is 9.72 Å². The predicted octanol–water partition coefficient (Wildman–Crippen LogP) is 7.20. The van der Waals surface area contributed by atoms with E-state index in [0.29, 0.717) is 13.2 Å². The number of fused-ring (bicyclic) bond motifs is 2. The van der Waals surface area contributed by atoms with E-state index in [0.717, 1.165) is 51.9 Å². The Morgan fingerprint density at radius 2 is 1.69 bits per heavy atom. The van der Waals surface area contributed by atoms with Gasteiger partial charge in [0.25, 0.3) is 0 Å². The molecule has 1 aromatic heterocycles. The number of benzene rings is 4. The Hall–Kier alpha value is -4.33. The Balaban J connectivity index is 1.19. The molecule has 0 N–H and O–H groups in total. The van der Waals surface area contributed by atoms with Crippen LogP contribution in [0.1, 0.15) is 30.1 Å². The number of anilines is 1. The highest BCUT2D eigenvalue weighted by molar-refractivity contribution is 5.96. The molecule has 4 aromatic carbocycles. The van der Waals surface area contributed by atoms with Gasteiger partial charge in [0, 0.05) is 31.1 Å². The van der Waals surface area contributed by atoms with Gasteiger partial charge in [-0.2, -0.15) is 13.2 Å². The van der Waals surface area contributed by atoms with Crippen LogP contribution < -0.4 is 9.64 Å². The van der Waals surface area contributed by atoms with E-state index in [1.807, 2.05) is 54.6 Å². The van der Waals surface area contributed by atoms with E-state index in [1.165, 1.54) is 11.0 Å². The molecule has 0 spiro atoms. The lowest BCUT2D eigenvalue weighted by atomic mass is 10.1. The minimum atomic E-state index is -4.47. The van der Waals surface area contributed by atoms with Crippen LogP contribution in [0.4, 0.5) is 18.9 Å². The first-order valence-electron chi connectivity index (χ1n) is 12.9. The molecule has 0 radical (unpaired) electrons. The van der Waals surface area contributed by atoms with Gasteiger partial charge in [-0.05, 0) is 59.7 Å². The average Bonchev–Trinajstić information content (AvgIpc) is 3.51. The second-order valence-electron chi connectivity index (χ2n) is 9.77. The van der Waals surface area contributed by atoms with Crippen LogP contribution in [0.25, 0.3) is 21.8 Å². The van der Waals surface area contributed by atoms with Crippen LogP contribution in [-0.2, 0) is 17.5 Å². The molecule has 1 amide bonds. The van der Waals surface area contributed by atoms with E-state index in [-0.39, 0.29) is 30.5 Å². The van der Waals surface area contributed by atoms with Gasteiger partial charge in [-0.1, -0.05) is 48.5 Å². The third-order valence-corrected chi connectivity index (χ3v) is 7.18. The number of imidazole rings is 1. The number of hydrogen-bond donors (Lipinski definition) is 0. The van der Waals surface area contributed by atoms with E-state index < -0.39 is 11.7 Å².